The van der Waals surface area contributed by atoms with Crippen LogP contribution in [0.25, 0.3) is 0 Å². The molecular formula is C11H14O3. The van der Waals surface area contributed by atoms with E-state index in [1.54, 1.807) is 19.2 Å². The standard InChI is InChI=1S/C11H14O3/c1-8(12)5-9-3-4-10(7-14-2)11(13)6-9/h3-4,6,13H,5,7H2,1-2H3. The molecule has 1 aromatic carbocycles. The number of aromatic hydroxyl groups is 1. The second-order valence-electron chi connectivity index (χ2n) is 3.27. The number of hydrogen-bond acceptors (Lipinski definition) is 3. The summed E-state index contributed by atoms with van der Waals surface area (Å²) >= 11 is 0. The Morgan fingerprint density at radius 2 is 2.21 bits per heavy atom. The van der Waals surface area contributed by atoms with E-state index in [1.165, 1.54) is 6.92 Å². The summed E-state index contributed by atoms with van der Waals surface area (Å²) in [6.45, 7) is 1.91. The molecule has 3 nitrogen and oxygen atoms in total. The highest BCUT2D eigenvalue weighted by atomic mass is 16.5. The molecule has 0 aliphatic heterocycles. The Morgan fingerprint density at radius 3 is 2.71 bits per heavy atom. The molecular weight excluding hydrogens is 180 g/mol. The van der Waals surface area contributed by atoms with Gasteiger partial charge < -0.3 is 9.84 Å². The Balaban J connectivity index is 2.83. The van der Waals surface area contributed by atoms with E-state index in [0.29, 0.717) is 13.0 Å². The maximum Gasteiger partial charge on any atom is 0.134 e. The number of rotatable bonds is 4. The van der Waals surface area contributed by atoms with Crippen LogP contribution in [-0.4, -0.2) is 18.0 Å². The van der Waals surface area contributed by atoms with Gasteiger partial charge in [-0.2, -0.15) is 0 Å². The number of ketones is 1. The van der Waals surface area contributed by atoms with Crippen molar-refractivity contribution in [3.63, 3.8) is 0 Å². The molecule has 0 spiro atoms. The second-order valence-corrected chi connectivity index (χ2v) is 3.27. The smallest absolute Gasteiger partial charge is 0.134 e. The molecule has 0 unspecified atom stereocenters. The van der Waals surface area contributed by atoms with Crippen LogP contribution in [-0.2, 0) is 22.6 Å². The monoisotopic (exact) mass is 194 g/mol. The van der Waals surface area contributed by atoms with Crippen LogP contribution in [0.5, 0.6) is 5.75 Å². The number of methoxy groups -OCH3 is 1. The van der Waals surface area contributed by atoms with Crippen LogP contribution in [0.3, 0.4) is 0 Å². The normalized spacial score (nSPS) is 10.1. The zero-order valence-electron chi connectivity index (χ0n) is 8.41. The molecule has 0 fully saturated rings. The van der Waals surface area contributed by atoms with Crippen molar-refractivity contribution in [3.8, 4) is 5.75 Å². The van der Waals surface area contributed by atoms with Gasteiger partial charge in [0.25, 0.3) is 0 Å². The van der Waals surface area contributed by atoms with Crippen LogP contribution in [0.4, 0.5) is 0 Å². The minimum atomic E-state index is 0.0869. The minimum absolute atomic E-state index is 0.0869. The lowest BCUT2D eigenvalue weighted by atomic mass is 10.1. The first-order chi connectivity index (χ1) is 6.63. The van der Waals surface area contributed by atoms with Gasteiger partial charge in [-0.3, -0.25) is 4.79 Å². The predicted octanol–water partition coefficient (Wildman–Crippen LogP) is 1.67. The van der Waals surface area contributed by atoms with Crippen LogP contribution < -0.4 is 0 Å². The van der Waals surface area contributed by atoms with E-state index in [1.807, 2.05) is 6.07 Å². The van der Waals surface area contributed by atoms with E-state index < -0.39 is 0 Å². The van der Waals surface area contributed by atoms with Crippen LogP contribution in [0.2, 0.25) is 0 Å². The fourth-order valence-corrected chi connectivity index (χ4v) is 1.28. The van der Waals surface area contributed by atoms with Gasteiger partial charge in [-0.15, -0.1) is 0 Å². The largest absolute Gasteiger partial charge is 0.508 e. The quantitative estimate of drug-likeness (QED) is 0.793. The molecule has 1 aromatic rings. The Bertz CT molecular complexity index is 331. The second kappa shape index (κ2) is 4.77. The first-order valence-electron chi connectivity index (χ1n) is 4.42. The van der Waals surface area contributed by atoms with Gasteiger partial charge in [-0.1, -0.05) is 12.1 Å². The molecule has 0 aromatic heterocycles. The van der Waals surface area contributed by atoms with E-state index in [0.717, 1.165) is 11.1 Å². The summed E-state index contributed by atoms with van der Waals surface area (Å²) in [5, 5.41) is 9.54. The topological polar surface area (TPSA) is 46.5 Å². The number of benzene rings is 1. The van der Waals surface area contributed by atoms with Crippen LogP contribution in [0, 0.1) is 0 Å². The highest BCUT2D eigenvalue weighted by Crippen LogP contribution is 2.19. The van der Waals surface area contributed by atoms with E-state index in [4.69, 9.17) is 4.74 Å². The molecule has 76 valence electrons. The van der Waals surface area contributed by atoms with Crippen molar-refractivity contribution >= 4 is 5.78 Å². The van der Waals surface area contributed by atoms with Gasteiger partial charge in [-0.05, 0) is 18.6 Å². The summed E-state index contributed by atoms with van der Waals surface area (Å²) in [4.78, 5) is 10.8. The summed E-state index contributed by atoms with van der Waals surface area (Å²) < 4.78 is 4.90. The Labute approximate surface area is 83.3 Å². The van der Waals surface area contributed by atoms with Crippen molar-refractivity contribution in [3.05, 3.63) is 29.3 Å². The summed E-state index contributed by atoms with van der Waals surface area (Å²) in [7, 11) is 1.57. The SMILES string of the molecule is COCc1ccc(CC(C)=O)cc1O. The lowest BCUT2D eigenvalue weighted by Crippen LogP contribution is -1.97. The van der Waals surface area contributed by atoms with Gasteiger partial charge in [0, 0.05) is 19.1 Å². The molecule has 0 saturated heterocycles. The molecule has 0 heterocycles. The minimum Gasteiger partial charge on any atom is -0.508 e. The van der Waals surface area contributed by atoms with Gasteiger partial charge in [-0.25, -0.2) is 0 Å². The average molecular weight is 194 g/mol. The lowest BCUT2D eigenvalue weighted by molar-refractivity contribution is -0.116. The summed E-state index contributed by atoms with van der Waals surface area (Å²) in [5.41, 5.74) is 1.56. The third kappa shape index (κ3) is 2.85. The fraction of sp³-hybridized carbons (Fsp3) is 0.364. The summed E-state index contributed by atoms with van der Waals surface area (Å²) in [5.74, 6) is 0.273. The third-order valence-electron chi connectivity index (χ3n) is 1.90. The van der Waals surface area contributed by atoms with Crippen molar-refractivity contribution in [2.75, 3.05) is 7.11 Å². The average Bonchev–Trinajstić information content (AvgIpc) is 2.09. The molecule has 0 amide bonds. The zero-order chi connectivity index (χ0) is 10.6. The van der Waals surface area contributed by atoms with Crippen molar-refractivity contribution in [1.29, 1.82) is 0 Å². The molecule has 0 aliphatic rings. The van der Waals surface area contributed by atoms with Gasteiger partial charge in [0.05, 0.1) is 6.61 Å². The predicted molar refractivity (Wildman–Crippen MR) is 53.2 cm³/mol. The van der Waals surface area contributed by atoms with Gasteiger partial charge in [0.1, 0.15) is 11.5 Å². The van der Waals surface area contributed by atoms with E-state index in [-0.39, 0.29) is 11.5 Å². The number of phenols is 1. The number of carbonyl (C=O) groups excluding carboxylic acids is 1. The van der Waals surface area contributed by atoms with Crippen LogP contribution in [0.1, 0.15) is 18.1 Å². The molecule has 0 aliphatic carbocycles. The lowest BCUT2D eigenvalue weighted by Gasteiger charge is -2.05. The first-order valence-corrected chi connectivity index (χ1v) is 4.42. The van der Waals surface area contributed by atoms with Gasteiger partial charge in [0.2, 0.25) is 0 Å². The molecule has 0 bridgehead atoms. The fourth-order valence-electron chi connectivity index (χ4n) is 1.28. The first kappa shape index (κ1) is 10.7. The number of phenolic OH excluding ortho intramolecular Hbond substituents is 1. The van der Waals surface area contributed by atoms with E-state index in [9.17, 15) is 9.90 Å². The van der Waals surface area contributed by atoms with Crippen LogP contribution in [0.15, 0.2) is 18.2 Å². The van der Waals surface area contributed by atoms with Crippen molar-refractivity contribution < 1.29 is 14.6 Å². The number of carbonyl (C=O) groups is 1. The molecule has 3 heteroatoms. The number of hydrogen-bond donors (Lipinski definition) is 1. The molecule has 0 atom stereocenters. The van der Waals surface area contributed by atoms with E-state index in [2.05, 4.69) is 0 Å². The van der Waals surface area contributed by atoms with Gasteiger partial charge in [0.15, 0.2) is 0 Å². The zero-order valence-corrected chi connectivity index (χ0v) is 8.41. The third-order valence-corrected chi connectivity index (χ3v) is 1.90. The van der Waals surface area contributed by atoms with Crippen molar-refractivity contribution in [1.82, 2.24) is 0 Å². The molecule has 1 N–H and O–H groups in total. The molecule has 14 heavy (non-hydrogen) atoms. The number of Topliss-reactive ketones (excluding diaryl/α,β-unsaturated/α-hetero) is 1. The highest BCUT2D eigenvalue weighted by molar-refractivity contribution is 5.78. The Kier molecular flexibility index (Phi) is 3.65. The van der Waals surface area contributed by atoms with Crippen molar-refractivity contribution in [2.24, 2.45) is 0 Å². The maximum atomic E-state index is 10.8. The molecule has 0 radical (unpaired) electrons. The Hall–Kier alpha value is -1.35. The van der Waals surface area contributed by atoms with Crippen LogP contribution >= 0.6 is 0 Å². The van der Waals surface area contributed by atoms with Gasteiger partial charge >= 0.3 is 0 Å². The van der Waals surface area contributed by atoms with Crippen molar-refractivity contribution in [2.45, 2.75) is 20.0 Å². The molecule has 0 saturated carbocycles. The van der Waals surface area contributed by atoms with E-state index >= 15 is 0 Å². The Morgan fingerprint density at radius 1 is 1.50 bits per heavy atom. The highest BCUT2D eigenvalue weighted by Gasteiger charge is 2.03. The maximum absolute atomic E-state index is 10.8. The summed E-state index contributed by atoms with van der Waals surface area (Å²) in [6, 6.07) is 5.21. The molecule has 1 rings (SSSR count). The summed E-state index contributed by atoms with van der Waals surface area (Å²) in [6.07, 6.45) is 0.362. The number of ether oxygens (including phenoxy) is 1.